The highest BCUT2D eigenvalue weighted by molar-refractivity contribution is 14.1. The molecule has 0 saturated carbocycles. The van der Waals surface area contributed by atoms with E-state index in [4.69, 9.17) is 5.73 Å². The lowest BCUT2D eigenvalue weighted by Crippen LogP contribution is -2.30. The molecule has 0 bridgehead atoms. The van der Waals surface area contributed by atoms with Gasteiger partial charge in [0.25, 0.3) is 0 Å². The molecule has 1 atom stereocenters. The van der Waals surface area contributed by atoms with Crippen molar-refractivity contribution in [3.8, 4) is 0 Å². The molecule has 0 spiro atoms. The number of amides is 1. The fourth-order valence-corrected chi connectivity index (χ4v) is 1.98. The Kier molecular flexibility index (Phi) is 3.58. The molecule has 1 amide bonds. The molecule has 1 rings (SSSR count). The number of nitrogens with zero attached hydrogens (tertiary/aromatic N) is 1. The van der Waals surface area contributed by atoms with Crippen LogP contribution in [0.3, 0.4) is 0 Å². The average molecular weight is 268 g/mol. The molecule has 0 aromatic carbocycles. The van der Waals surface area contributed by atoms with Gasteiger partial charge in [-0.2, -0.15) is 0 Å². The van der Waals surface area contributed by atoms with E-state index in [1.807, 2.05) is 4.90 Å². The van der Waals surface area contributed by atoms with E-state index in [0.29, 0.717) is 16.9 Å². The first-order chi connectivity index (χ1) is 5.24. The summed E-state index contributed by atoms with van der Waals surface area (Å²) in [5.41, 5.74) is 5.28. The van der Waals surface area contributed by atoms with E-state index < -0.39 is 0 Å². The summed E-state index contributed by atoms with van der Waals surface area (Å²) >= 11 is 2.38. The van der Waals surface area contributed by atoms with Gasteiger partial charge < -0.3 is 10.6 Å². The predicted molar refractivity (Wildman–Crippen MR) is 52.7 cm³/mol. The second-order valence-corrected chi connectivity index (χ2v) is 4.53. The number of halogens is 1. The van der Waals surface area contributed by atoms with Crippen LogP contribution in [0.15, 0.2) is 0 Å². The highest BCUT2D eigenvalue weighted by Gasteiger charge is 2.23. The summed E-state index contributed by atoms with van der Waals surface area (Å²) in [6.45, 7) is 2.31. The molecule has 2 N–H and O–H groups in total. The number of rotatable bonds is 2. The molecule has 0 aromatic heterocycles. The lowest BCUT2D eigenvalue weighted by Gasteiger charge is -2.14. The van der Waals surface area contributed by atoms with E-state index in [9.17, 15) is 4.79 Å². The van der Waals surface area contributed by atoms with Gasteiger partial charge in [-0.3, -0.25) is 4.79 Å². The van der Waals surface area contributed by atoms with E-state index in [1.54, 1.807) is 0 Å². The lowest BCUT2D eigenvalue weighted by molar-refractivity contribution is -0.129. The first-order valence-electron chi connectivity index (χ1n) is 3.86. The molecule has 64 valence electrons. The van der Waals surface area contributed by atoms with Gasteiger partial charge in [0.2, 0.25) is 5.91 Å². The van der Waals surface area contributed by atoms with Crippen molar-refractivity contribution in [1.29, 1.82) is 0 Å². The van der Waals surface area contributed by atoms with Crippen molar-refractivity contribution >= 4 is 28.5 Å². The van der Waals surface area contributed by atoms with Crippen molar-refractivity contribution < 1.29 is 4.79 Å². The third kappa shape index (κ3) is 2.59. The molecule has 3 nitrogen and oxygen atoms in total. The summed E-state index contributed by atoms with van der Waals surface area (Å²) in [5, 5.41) is 0. The van der Waals surface area contributed by atoms with Crippen LogP contribution >= 0.6 is 22.6 Å². The van der Waals surface area contributed by atoms with Crippen LogP contribution in [0, 0.1) is 0 Å². The molecule has 1 fully saturated rings. The van der Waals surface area contributed by atoms with Gasteiger partial charge in [0.15, 0.2) is 0 Å². The quantitative estimate of drug-likeness (QED) is 0.581. The zero-order valence-electron chi connectivity index (χ0n) is 6.42. The Balaban J connectivity index is 2.31. The molecule has 1 aliphatic rings. The minimum atomic E-state index is 0.215. The number of carbonyl (C=O) groups is 1. The normalized spacial score (nSPS) is 24.2. The molecule has 1 unspecified atom stereocenters. The highest BCUT2D eigenvalue weighted by atomic mass is 127. The zero-order chi connectivity index (χ0) is 8.27. The van der Waals surface area contributed by atoms with Crippen molar-refractivity contribution in [3.63, 3.8) is 0 Å². The van der Waals surface area contributed by atoms with Crippen LogP contribution in [-0.2, 0) is 4.79 Å². The molecule has 11 heavy (non-hydrogen) atoms. The zero-order valence-corrected chi connectivity index (χ0v) is 8.58. The minimum absolute atomic E-state index is 0.215. The first kappa shape index (κ1) is 9.25. The SMILES string of the molecule is NCCC(=O)N1CCC(I)C1. The third-order valence-electron chi connectivity index (χ3n) is 1.84. The Morgan fingerprint density at radius 3 is 2.91 bits per heavy atom. The average Bonchev–Trinajstić information content (AvgIpc) is 2.36. The van der Waals surface area contributed by atoms with Crippen LogP contribution in [0.2, 0.25) is 0 Å². The number of hydrogen-bond donors (Lipinski definition) is 1. The molecule has 1 heterocycles. The number of hydrogen-bond acceptors (Lipinski definition) is 2. The molecule has 1 aliphatic heterocycles. The predicted octanol–water partition coefficient (Wildman–Crippen LogP) is 0.371. The Bertz CT molecular complexity index is 151. The molecular weight excluding hydrogens is 255 g/mol. The number of likely N-dealkylation sites (tertiary alicyclic amines) is 1. The topological polar surface area (TPSA) is 46.3 Å². The second-order valence-electron chi connectivity index (χ2n) is 2.76. The maximum atomic E-state index is 11.2. The Labute approximate surface area is 80.4 Å². The van der Waals surface area contributed by atoms with E-state index in [1.165, 1.54) is 0 Å². The highest BCUT2D eigenvalue weighted by Crippen LogP contribution is 2.17. The first-order valence-corrected chi connectivity index (χ1v) is 5.10. The van der Waals surface area contributed by atoms with Gasteiger partial charge in [0.1, 0.15) is 0 Å². The van der Waals surface area contributed by atoms with Crippen LogP contribution in [0.4, 0.5) is 0 Å². The van der Waals surface area contributed by atoms with E-state index in [2.05, 4.69) is 22.6 Å². The Morgan fingerprint density at radius 1 is 1.73 bits per heavy atom. The van der Waals surface area contributed by atoms with E-state index >= 15 is 0 Å². The summed E-state index contributed by atoms with van der Waals surface area (Å²) in [6, 6.07) is 0. The van der Waals surface area contributed by atoms with Crippen molar-refractivity contribution in [3.05, 3.63) is 0 Å². The van der Waals surface area contributed by atoms with Crippen LogP contribution in [0.5, 0.6) is 0 Å². The third-order valence-corrected chi connectivity index (χ3v) is 2.86. The van der Waals surface area contributed by atoms with Crippen molar-refractivity contribution in [2.75, 3.05) is 19.6 Å². The van der Waals surface area contributed by atoms with Crippen LogP contribution in [-0.4, -0.2) is 34.4 Å². The standard InChI is InChI=1S/C7H13IN2O/c8-6-2-4-10(5-6)7(11)1-3-9/h6H,1-5,9H2. The second kappa shape index (κ2) is 4.25. The smallest absolute Gasteiger partial charge is 0.223 e. The summed E-state index contributed by atoms with van der Waals surface area (Å²) < 4.78 is 0.648. The van der Waals surface area contributed by atoms with E-state index in [0.717, 1.165) is 19.5 Å². The maximum absolute atomic E-state index is 11.2. The van der Waals surface area contributed by atoms with Gasteiger partial charge in [0, 0.05) is 30.0 Å². The van der Waals surface area contributed by atoms with Gasteiger partial charge in [0.05, 0.1) is 0 Å². The Morgan fingerprint density at radius 2 is 2.45 bits per heavy atom. The number of carbonyl (C=O) groups excluding carboxylic acids is 1. The van der Waals surface area contributed by atoms with Crippen LogP contribution in [0.25, 0.3) is 0 Å². The maximum Gasteiger partial charge on any atom is 0.223 e. The van der Waals surface area contributed by atoms with Crippen LogP contribution < -0.4 is 5.73 Å². The fourth-order valence-electron chi connectivity index (χ4n) is 1.23. The number of nitrogens with two attached hydrogens (primary N) is 1. The molecule has 4 heteroatoms. The van der Waals surface area contributed by atoms with Crippen molar-refractivity contribution in [1.82, 2.24) is 4.90 Å². The van der Waals surface area contributed by atoms with Gasteiger partial charge in [-0.1, -0.05) is 22.6 Å². The van der Waals surface area contributed by atoms with Gasteiger partial charge in [-0.15, -0.1) is 0 Å². The molecule has 0 aliphatic carbocycles. The minimum Gasteiger partial charge on any atom is -0.342 e. The lowest BCUT2D eigenvalue weighted by atomic mass is 10.4. The fraction of sp³-hybridized carbons (Fsp3) is 0.857. The van der Waals surface area contributed by atoms with Gasteiger partial charge >= 0.3 is 0 Å². The molecular formula is C7H13IN2O. The monoisotopic (exact) mass is 268 g/mol. The van der Waals surface area contributed by atoms with Crippen molar-refractivity contribution in [2.45, 2.75) is 16.8 Å². The summed E-state index contributed by atoms with van der Waals surface area (Å²) in [7, 11) is 0. The molecule has 1 saturated heterocycles. The largest absolute Gasteiger partial charge is 0.342 e. The summed E-state index contributed by atoms with van der Waals surface area (Å²) in [5.74, 6) is 0.215. The van der Waals surface area contributed by atoms with Gasteiger partial charge in [-0.25, -0.2) is 0 Å². The van der Waals surface area contributed by atoms with Gasteiger partial charge in [-0.05, 0) is 6.42 Å². The summed E-state index contributed by atoms with van der Waals surface area (Å²) in [6.07, 6.45) is 1.64. The Hall–Kier alpha value is 0.160. The van der Waals surface area contributed by atoms with Crippen molar-refractivity contribution in [2.24, 2.45) is 5.73 Å². The van der Waals surface area contributed by atoms with E-state index in [-0.39, 0.29) is 5.91 Å². The number of alkyl halides is 1. The molecule has 0 aromatic rings. The van der Waals surface area contributed by atoms with Crippen LogP contribution in [0.1, 0.15) is 12.8 Å². The summed E-state index contributed by atoms with van der Waals surface area (Å²) in [4.78, 5) is 13.1. The molecule has 0 radical (unpaired) electrons.